The lowest BCUT2D eigenvalue weighted by atomic mass is 10.2. The molecule has 0 saturated heterocycles. The molecule has 0 unspecified atom stereocenters. The molecule has 6 heteroatoms. The number of nitrogens with zero attached hydrogens (tertiary/aromatic N) is 2. The lowest BCUT2D eigenvalue weighted by Crippen LogP contribution is -2.12. The molecule has 25 heavy (non-hydrogen) atoms. The van der Waals surface area contributed by atoms with Crippen LogP contribution in [0.1, 0.15) is 21.7 Å². The van der Waals surface area contributed by atoms with Crippen molar-refractivity contribution in [3.8, 4) is 5.69 Å². The van der Waals surface area contributed by atoms with Crippen molar-refractivity contribution in [2.45, 2.75) is 13.8 Å². The number of nitro groups is 1. The number of non-ortho nitro benzene ring substituents is 1. The normalized spacial score (nSPS) is 10.5. The summed E-state index contributed by atoms with van der Waals surface area (Å²) in [4.78, 5) is 22.6. The van der Waals surface area contributed by atoms with Gasteiger partial charge in [0, 0.05) is 40.5 Å². The van der Waals surface area contributed by atoms with Gasteiger partial charge in [0.05, 0.1) is 4.92 Å². The van der Waals surface area contributed by atoms with Crippen molar-refractivity contribution in [3.05, 3.63) is 87.7 Å². The number of aryl methyl sites for hydroxylation is 2. The van der Waals surface area contributed by atoms with Crippen molar-refractivity contribution in [2.75, 3.05) is 5.32 Å². The van der Waals surface area contributed by atoms with Crippen LogP contribution < -0.4 is 5.32 Å². The van der Waals surface area contributed by atoms with Gasteiger partial charge in [-0.15, -0.1) is 0 Å². The summed E-state index contributed by atoms with van der Waals surface area (Å²) in [7, 11) is 0. The fraction of sp³-hybridized carbons (Fsp3) is 0.105. The van der Waals surface area contributed by atoms with Gasteiger partial charge in [0.1, 0.15) is 0 Å². The minimum absolute atomic E-state index is 0.110. The maximum absolute atomic E-state index is 12.3. The summed E-state index contributed by atoms with van der Waals surface area (Å²) in [6.45, 7) is 4.07. The summed E-state index contributed by atoms with van der Waals surface area (Å²) in [5.74, 6) is -0.384. The summed E-state index contributed by atoms with van der Waals surface area (Å²) in [6, 6.07) is 17.2. The number of benzene rings is 2. The zero-order valence-corrected chi connectivity index (χ0v) is 13.9. The van der Waals surface area contributed by atoms with Crippen LogP contribution in [-0.4, -0.2) is 15.4 Å². The summed E-state index contributed by atoms with van der Waals surface area (Å²) in [6.07, 6.45) is 0. The third-order valence-corrected chi connectivity index (χ3v) is 3.97. The number of nitrogens with one attached hydrogen (secondary N) is 1. The highest BCUT2D eigenvalue weighted by Gasteiger charge is 2.12. The van der Waals surface area contributed by atoms with Gasteiger partial charge in [0.25, 0.3) is 11.6 Å². The third kappa shape index (κ3) is 3.42. The first kappa shape index (κ1) is 16.4. The van der Waals surface area contributed by atoms with Crippen LogP contribution >= 0.6 is 0 Å². The number of hydrogen-bond acceptors (Lipinski definition) is 3. The smallest absolute Gasteiger partial charge is 0.270 e. The monoisotopic (exact) mass is 335 g/mol. The highest BCUT2D eigenvalue weighted by atomic mass is 16.6. The zero-order valence-electron chi connectivity index (χ0n) is 13.9. The Morgan fingerprint density at radius 1 is 1.00 bits per heavy atom. The second-order valence-electron chi connectivity index (χ2n) is 5.76. The van der Waals surface area contributed by atoms with Crippen molar-refractivity contribution in [2.24, 2.45) is 0 Å². The number of anilines is 1. The van der Waals surface area contributed by atoms with Crippen molar-refractivity contribution < 1.29 is 9.72 Å². The number of rotatable bonds is 4. The van der Waals surface area contributed by atoms with Crippen LogP contribution in [0.2, 0.25) is 0 Å². The van der Waals surface area contributed by atoms with Crippen LogP contribution in [0.15, 0.2) is 60.7 Å². The summed E-state index contributed by atoms with van der Waals surface area (Å²) in [5.41, 5.74) is 4.03. The molecule has 0 saturated carbocycles. The van der Waals surface area contributed by atoms with Gasteiger partial charge in [0.2, 0.25) is 0 Å². The molecule has 126 valence electrons. The third-order valence-electron chi connectivity index (χ3n) is 3.97. The molecular weight excluding hydrogens is 318 g/mol. The van der Waals surface area contributed by atoms with E-state index in [-0.39, 0.29) is 17.2 Å². The standard InChI is InChI=1S/C19H17N3O3/c1-13-6-7-14(2)21(13)17-10-8-16(9-11-17)20-19(23)15-4-3-5-18(12-15)22(24)25/h3-12H,1-2H3,(H,20,23). The number of hydrogen-bond donors (Lipinski definition) is 1. The Kier molecular flexibility index (Phi) is 4.35. The predicted molar refractivity (Wildman–Crippen MR) is 96.3 cm³/mol. The van der Waals surface area contributed by atoms with Gasteiger partial charge in [-0.3, -0.25) is 14.9 Å². The van der Waals surface area contributed by atoms with Crippen molar-refractivity contribution in [3.63, 3.8) is 0 Å². The van der Waals surface area contributed by atoms with Gasteiger partial charge in [-0.1, -0.05) is 6.07 Å². The van der Waals surface area contributed by atoms with Gasteiger partial charge in [0.15, 0.2) is 0 Å². The van der Waals surface area contributed by atoms with E-state index in [1.54, 1.807) is 6.07 Å². The zero-order chi connectivity index (χ0) is 18.0. The van der Waals surface area contributed by atoms with Gasteiger partial charge >= 0.3 is 0 Å². The molecule has 1 heterocycles. The second kappa shape index (κ2) is 6.60. The van der Waals surface area contributed by atoms with Crippen LogP contribution in [0.3, 0.4) is 0 Å². The first-order valence-corrected chi connectivity index (χ1v) is 7.77. The fourth-order valence-corrected chi connectivity index (χ4v) is 2.73. The van der Waals surface area contributed by atoms with E-state index in [1.807, 2.05) is 50.2 Å². The Morgan fingerprint density at radius 2 is 1.64 bits per heavy atom. The molecule has 0 aliphatic rings. The van der Waals surface area contributed by atoms with Crippen LogP contribution in [0.5, 0.6) is 0 Å². The maximum atomic E-state index is 12.3. The molecule has 3 rings (SSSR count). The SMILES string of the molecule is Cc1ccc(C)n1-c1ccc(NC(=O)c2cccc([N+](=O)[O-])c2)cc1. The molecule has 0 fully saturated rings. The maximum Gasteiger partial charge on any atom is 0.270 e. The van der Waals surface area contributed by atoms with Crippen LogP contribution in [-0.2, 0) is 0 Å². The number of carbonyl (C=O) groups is 1. The molecule has 0 spiro atoms. The van der Waals surface area contributed by atoms with E-state index in [2.05, 4.69) is 9.88 Å². The van der Waals surface area contributed by atoms with E-state index >= 15 is 0 Å². The van der Waals surface area contributed by atoms with E-state index < -0.39 is 4.92 Å². The predicted octanol–water partition coefficient (Wildman–Crippen LogP) is 4.25. The summed E-state index contributed by atoms with van der Waals surface area (Å²) < 4.78 is 2.12. The van der Waals surface area contributed by atoms with Gasteiger partial charge in [-0.05, 0) is 56.3 Å². The Bertz CT molecular complexity index is 923. The Labute approximate surface area is 144 Å². The molecule has 6 nitrogen and oxygen atoms in total. The lowest BCUT2D eigenvalue weighted by molar-refractivity contribution is -0.384. The van der Waals surface area contributed by atoms with E-state index in [4.69, 9.17) is 0 Å². The summed E-state index contributed by atoms with van der Waals surface area (Å²) >= 11 is 0. The van der Waals surface area contributed by atoms with Crippen LogP contribution in [0.4, 0.5) is 11.4 Å². The molecule has 1 amide bonds. The second-order valence-corrected chi connectivity index (χ2v) is 5.76. The van der Waals surface area contributed by atoms with E-state index in [1.165, 1.54) is 18.2 Å². The Hall–Kier alpha value is -3.41. The lowest BCUT2D eigenvalue weighted by Gasteiger charge is -2.11. The largest absolute Gasteiger partial charge is 0.322 e. The number of carbonyl (C=O) groups excluding carboxylic acids is 1. The fourth-order valence-electron chi connectivity index (χ4n) is 2.73. The molecule has 0 radical (unpaired) electrons. The average molecular weight is 335 g/mol. The van der Waals surface area contributed by atoms with Crippen LogP contribution in [0, 0.1) is 24.0 Å². The highest BCUT2D eigenvalue weighted by Crippen LogP contribution is 2.20. The van der Waals surface area contributed by atoms with Crippen LogP contribution in [0.25, 0.3) is 5.69 Å². The Balaban J connectivity index is 1.79. The summed E-state index contributed by atoms with van der Waals surface area (Å²) in [5, 5.41) is 13.6. The number of amides is 1. The first-order chi connectivity index (χ1) is 12.0. The minimum atomic E-state index is -0.521. The first-order valence-electron chi connectivity index (χ1n) is 7.77. The van der Waals surface area contributed by atoms with Gasteiger partial charge in [-0.2, -0.15) is 0 Å². The van der Waals surface area contributed by atoms with Crippen molar-refractivity contribution >= 4 is 17.3 Å². The van der Waals surface area contributed by atoms with Crippen molar-refractivity contribution in [1.29, 1.82) is 0 Å². The Morgan fingerprint density at radius 3 is 2.24 bits per heavy atom. The van der Waals surface area contributed by atoms with Gasteiger partial charge < -0.3 is 9.88 Å². The van der Waals surface area contributed by atoms with Crippen molar-refractivity contribution in [1.82, 2.24) is 4.57 Å². The highest BCUT2D eigenvalue weighted by molar-refractivity contribution is 6.04. The molecule has 0 bridgehead atoms. The van der Waals surface area contributed by atoms with E-state index in [9.17, 15) is 14.9 Å². The number of aromatic nitrogens is 1. The topological polar surface area (TPSA) is 77.2 Å². The molecule has 1 aromatic heterocycles. The average Bonchev–Trinajstić information content (AvgIpc) is 2.94. The molecule has 1 N–H and O–H groups in total. The quantitative estimate of drug-likeness (QED) is 0.572. The number of nitro benzene ring substituents is 1. The molecule has 2 aromatic carbocycles. The van der Waals surface area contributed by atoms with E-state index in [0.29, 0.717) is 5.69 Å². The molecular formula is C19H17N3O3. The van der Waals surface area contributed by atoms with E-state index in [0.717, 1.165) is 17.1 Å². The molecule has 0 atom stereocenters. The molecule has 3 aromatic rings. The molecule has 0 aliphatic carbocycles. The van der Waals surface area contributed by atoms with Gasteiger partial charge in [-0.25, -0.2) is 0 Å². The molecule has 0 aliphatic heterocycles. The minimum Gasteiger partial charge on any atom is -0.322 e.